The fraction of sp³-hybridized carbons (Fsp3) is 0.625. The van der Waals surface area contributed by atoms with Crippen molar-refractivity contribution in [3.63, 3.8) is 0 Å². The molecule has 0 saturated carbocycles. The normalized spacial score (nSPS) is 31.8. The summed E-state index contributed by atoms with van der Waals surface area (Å²) in [5, 5.41) is 0. The predicted molar refractivity (Wildman–Crippen MR) is 88.5 cm³/mol. The van der Waals surface area contributed by atoms with E-state index in [4.69, 9.17) is 4.74 Å². The lowest BCUT2D eigenvalue weighted by molar-refractivity contribution is 0.215. The third-order valence-corrected chi connectivity index (χ3v) is 7.11. The van der Waals surface area contributed by atoms with Gasteiger partial charge in [0.05, 0.1) is 6.54 Å². The van der Waals surface area contributed by atoms with Crippen LogP contribution < -0.4 is 9.64 Å². The van der Waals surface area contributed by atoms with E-state index in [0.717, 1.165) is 31.6 Å². The van der Waals surface area contributed by atoms with E-state index in [1.807, 2.05) is 12.1 Å². The lowest BCUT2D eigenvalue weighted by atomic mass is 10.2. The summed E-state index contributed by atoms with van der Waals surface area (Å²) in [5.74, 6) is 0.517. The Balaban J connectivity index is 1.67. The zero-order valence-electron chi connectivity index (χ0n) is 13.6. The maximum absolute atomic E-state index is 12.7. The highest BCUT2D eigenvalue weighted by atomic mass is 32.2. The zero-order valence-corrected chi connectivity index (χ0v) is 14.4. The molecule has 2 saturated heterocycles. The summed E-state index contributed by atoms with van der Waals surface area (Å²) in [4.78, 5) is 4.87. The summed E-state index contributed by atoms with van der Waals surface area (Å²) in [6.45, 7) is 2.99. The number of nitrogens with zero attached hydrogens (tertiary/aromatic N) is 3. The minimum atomic E-state index is -3.41. The average molecular weight is 337 g/mol. The van der Waals surface area contributed by atoms with Crippen molar-refractivity contribution >= 4 is 15.7 Å². The van der Waals surface area contributed by atoms with Gasteiger partial charge in [0.2, 0.25) is 10.0 Å². The number of likely N-dealkylation sites (N-methyl/N-ethyl adjacent to an activating group) is 1. The minimum absolute atomic E-state index is 0.0191. The zero-order chi connectivity index (χ0) is 16.2. The molecule has 2 fully saturated rings. The van der Waals surface area contributed by atoms with Gasteiger partial charge in [-0.2, -0.15) is 4.31 Å². The van der Waals surface area contributed by atoms with Crippen molar-refractivity contribution in [2.75, 3.05) is 45.2 Å². The number of hydrogen-bond acceptors (Lipinski definition) is 5. The molecule has 3 aliphatic heterocycles. The highest BCUT2D eigenvalue weighted by molar-refractivity contribution is 7.89. The second-order valence-electron chi connectivity index (χ2n) is 6.87. The van der Waals surface area contributed by atoms with Crippen molar-refractivity contribution in [2.45, 2.75) is 29.9 Å². The maximum Gasteiger partial charge on any atom is 0.246 e. The van der Waals surface area contributed by atoms with Gasteiger partial charge in [0.1, 0.15) is 16.7 Å². The molecular formula is C16H23N3O3S. The van der Waals surface area contributed by atoms with Crippen molar-refractivity contribution in [1.82, 2.24) is 9.21 Å². The molecular weight excluding hydrogens is 314 g/mol. The Morgan fingerprint density at radius 1 is 1.17 bits per heavy atom. The molecule has 1 unspecified atom stereocenters. The van der Waals surface area contributed by atoms with Crippen LogP contribution in [0.1, 0.15) is 12.8 Å². The third-order valence-electron chi connectivity index (χ3n) is 5.21. The van der Waals surface area contributed by atoms with Crippen LogP contribution in [0.25, 0.3) is 0 Å². The second-order valence-corrected chi connectivity index (χ2v) is 8.78. The van der Waals surface area contributed by atoms with Crippen LogP contribution in [0.4, 0.5) is 5.69 Å². The molecule has 126 valence electrons. The van der Waals surface area contributed by atoms with Gasteiger partial charge in [0, 0.05) is 37.4 Å². The van der Waals surface area contributed by atoms with Gasteiger partial charge in [-0.15, -0.1) is 0 Å². The van der Waals surface area contributed by atoms with E-state index in [0.29, 0.717) is 29.8 Å². The van der Waals surface area contributed by atoms with Crippen molar-refractivity contribution in [3.05, 3.63) is 18.2 Å². The van der Waals surface area contributed by atoms with E-state index >= 15 is 0 Å². The molecule has 23 heavy (non-hydrogen) atoms. The van der Waals surface area contributed by atoms with Crippen LogP contribution in [-0.4, -0.2) is 70.0 Å². The number of ether oxygens (including phenoxy) is 1. The number of rotatable bonds is 2. The molecule has 0 aromatic heterocycles. The predicted octanol–water partition coefficient (Wildman–Crippen LogP) is 0.982. The summed E-state index contributed by atoms with van der Waals surface area (Å²) in [6, 6.07) is 6.08. The molecule has 0 radical (unpaired) electrons. The van der Waals surface area contributed by atoms with E-state index in [1.165, 1.54) is 0 Å². The maximum atomic E-state index is 12.7. The summed E-state index contributed by atoms with van der Waals surface area (Å²) in [5.41, 5.74) is 1.05. The molecule has 1 aromatic carbocycles. The largest absolute Gasteiger partial charge is 0.487 e. The van der Waals surface area contributed by atoms with Gasteiger partial charge >= 0.3 is 0 Å². The van der Waals surface area contributed by atoms with Gasteiger partial charge in [-0.3, -0.25) is 0 Å². The van der Waals surface area contributed by atoms with Crippen LogP contribution in [-0.2, 0) is 10.0 Å². The molecule has 0 aliphatic carbocycles. The summed E-state index contributed by atoms with van der Waals surface area (Å²) >= 11 is 0. The number of anilines is 1. The Kier molecular flexibility index (Phi) is 3.55. The first-order valence-electron chi connectivity index (χ1n) is 8.17. The van der Waals surface area contributed by atoms with Crippen molar-refractivity contribution < 1.29 is 13.2 Å². The second kappa shape index (κ2) is 5.36. The number of benzene rings is 1. The summed E-state index contributed by atoms with van der Waals surface area (Å²) in [6.07, 6.45) is 1.88. The first kappa shape index (κ1) is 15.2. The smallest absolute Gasteiger partial charge is 0.246 e. The number of sulfonamides is 1. The Labute approximate surface area is 137 Å². The molecule has 0 amide bonds. The lowest BCUT2D eigenvalue weighted by Crippen LogP contribution is -2.31. The van der Waals surface area contributed by atoms with E-state index in [-0.39, 0.29) is 6.10 Å². The first-order chi connectivity index (χ1) is 10.9. The minimum Gasteiger partial charge on any atom is -0.487 e. The van der Waals surface area contributed by atoms with Crippen LogP contribution >= 0.6 is 0 Å². The standard InChI is InChI=1S/C16H23N3O3S/c1-17(2)13-5-7-18(10-13)12-3-4-16-15(9-12)22-14-6-8-19(11-14)23(16,20)21/h3-4,9,13-14H,5-8,10-11H2,1-2H3/t13-,14-/m0/s1. The van der Waals surface area contributed by atoms with Crippen LogP contribution in [0.5, 0.6) is 5.75 Å². The van der Waals surface area contributed by atoms with Crippen LogP contribution in [0.15, 0.2) is 23.1 Å². The highest BCUT2D eigenvalue weighted by Crippen LogP contribution is 2.38. The first-order valence-corrected chi connectivity index (χ1v) is 9.61. The van der Waals surface area contributed by atoms with Crippen molar-refractivity contribution in [3.8, 4) is 5.75 Å². The monoisotopic (exact) mass is 337 g/mol. The van der Waals surface area contributed by atoms with E-state index in [9.17, 15) is 8.42 Å². The van der Waals surface area contributed by atoms with Gasteiger partial charge in [0.25, 0.3) is 0 Å². The van der Waals surface area contributed by atoms with Crippen LogP contribution in [0.2, 0.25) is 0 Å². The van der Waals surface area contributed by atoms with E-state index in [1.54, 1.807) is 10.4 Å². The average Bonchev–Trinajstić information content (AvgIpc) is 3.13. The van der Waals surface area contributed by atoms with Gasteiger partial charge < -0.3 is 14.5 Å². The van der Waals surface area contributed by atoms with Gasteiger partial charge in [-0.25, -0.2) is 8.42 Å². The quantitative estimate of drug-likeness (QED) is 0.805. The lowest BCUT2D eigenvalue weighted by Gasteiger charge is -2.23. The van der Waals surface area contributed by atoms with Crippen molar-refractivity contribution in [1.29, 1.82) is 0 Å². The molecule has 3 aliphatic rings. The topological polar surface area (TPSA) is 53.1 Å². The van der Waals surface area contributed by atoms with Crippen molar-refractivity contribution in [2.24, 2.45) is 0 Å². The Bertz CT molecular complexity index is 719. The molecule has 3 heterocycles. The fourth-order valence-electron chi connectivity index (χ4n) is 3.73. The fourth-order valence-corrected chi connectivity index (χ4v) is 5.32. The molecule has 2 bridgehead atoms. The third kappa shape index (κ3) is 2.51. The summed E-state index contributed by atoms with van der Waals surface area (Å²) in [7, 11) is 0.796. The molecule has 7 heteroatoms. The molecule has 1 aromatic rings. The van der Waals surface area contributed by atoms with Gasteiger partial charge in [0.15, 0.2) is 0 Å². The molecule has 0 N–H and O–H groups in total. The number of fused-ring (bicyclic) bond motifs is 3. The van der Waals surface area contributed by atoms with Gasteiger partial charge in [-0.1, -0.05) is 0 Å². The molecule has 0 spiro atoms. The van der Waals surface area contributed by atoms with Gasteiger partial charge in [-0.05, 0) is 39.1 Å². The Morgan fingerprint density at radius 3 is 2.74 bits per heavy atom. The SMILES string of the molecule is CN(C)[C@H]1CCN(c2ccc3c(c2)O[C@H]2CCN(C2)S3(=O)=O)C1. The number of hydrogen-bond donors (Lipinski definition) is 0. The Hall–Kier alpha value is -1.31. The van der Waals surface area contributed by atoms with Crippen LogP contribution in [0, 0.1) is 0 Å². The van der Waals surface area contributed by atoms with Crippen LogP contribution in [0.3, 0.4) is 0 Å². The van der Waals surface area contributed by atoms with E-state index < -0.39 is 10.0 Å². The Morgan fingerprint density at radius 2 is 2.00 bits per heavy atom. The molecule has 6 nitrogen and oxygen atoms in total. The highest BCUT2D eigenvalue weighted by Gasteiger charge is 2.39. The molecule has 3 atom stereocenters. The summed E-state index contributed by atoms with van der Waals surface area (Å²) < 4.78 is 32.9. The van der Waals surface area contributed by atoms with E-state index in [2.05, 4.69) is 23.9 Å². The molecule has 4 rings (SSSR count).